The molecule has 0 saturated carbocycles. The smallest absolute Gasteiger partial charge is 0.206 e. The van der Waals surface area contributed by atoms with Crippen molar-refractivity contribution in [3.8, 4) is 0 Å². The number of nitrogens with zero attached hydrogens (tertiary/aromatic N) is 1. The Bertz CT molecular complexity index is 260. The third kappa shape index (κ3) is 4.14. The van der Waals surface area contributed by atoms with Crippen molar-refractivity contribution >= 4 is 5.96 Å². The van der Waals surface area contributed by atoms with Gasteiger partial charge < -0.3 is 14.8 Å². The van der Waals surface area contributed by atoms with Gasteiger partial charge in [0.1, 0.15) is 0 Å². The molecule has 0 spiro atoms. The summed E-state index contributed by atoms with van der Waals surface area (Å²) >= 11 is 0. The van der Waals surface area contributed by atoms with Crippen molar-refractivity contribution in [1.82, 2.24) is 10.7 Å². The Morgan fingerprint density at radius 3 is 2.94 bits per heavy atom. The van der Waals surface area contributed by atoms with Crippen molar-refractivity contribution in [2.75, 3.05) is 26.9 Å². The van der Waals surface area contributed by atoms with E-state index in [0.717, 1.165) is 19.4 Å². The lowest BCUT2D eigenvalue weighted by molar-refractivity contribution is 0.0945. The van der Waals surface area contributed by atoms with Crippen LogP contribution in [0.1, 0.15) is 26.7 Å². The Morgan fingerprint density at radius 1 is 1.65 bits per heavy atom. The van der Waals surface area contributed by atoms with Crippen LogP contribution in [0.15, 0.2) is 4.99 Å². The molecule has 6 heteroatoms. The molecule has 1 saturated heterocycles. The fourth-order valence-electron chi connectivity index (χ4n) is 1.79. The van der Waals surface area contributed by atoms with Gasteiger partial charge in [-0.25, -0.2) is 5.84 Å². The predicted octanol–water partition coefficient (Wildman–Crippen LogP) is -0.000700. The van der Waals surface area contributed by atoms with Gasteiger partial charge in [-0.1, -0.05) is 0 Å². The first-order valence-electron chi connectivity index (χ1n) is 6.02. The van der Waals surface area contributed by atoms with Gasteiger partial charge in [-0.2, -0.15) is 0 Å². The van der Waals surface area contributed by atoms with Crippen LogP contribution in [0, 0.1) is 0 Å². The van der Waals surface area contributed by atoms with Crippen molar-refractivity contribution in [2.45, 2.75) is 38.3 Å². The monoisotopic (exact) mass is 244 g/mol. The lowest BCUT2D eigenvalue weighted by atomic mass is 9.95. The number of methoxy groups -OCH3 is 1. The number of aliphatic imine (C=N–C) groups is 1. The van der Waals surface area contributed by atoms with Crippen LogP contribution < -0.4 is 16.6 Å². The summed E-state index contributed by atoms with van der Waals surface area (Å²) < 4.78 is 10.5. The minimum absolute atomic E-state index is 0.105. The van der Waals surface area contributed by atoms with E-state index in [1.165, 1.54) is 0 Å². The molecule has 0 aliphatic carbocycles. The third-order valence-electron chi connectivity index (χ3n) is 3.20. The van der Waals surface area contributed by atoms with Crippen molar-refractivity contribution in [1.29, 1.82) is 0 Å². The fraction of sp³-hybridized carbons (Fsp3) is 0.909. The minimum Gasteiger partial charge on any atom is -0.385 e. The Morgan fingerprint density at radius 2 is 2.41 bits per heavy atom. The first-order valence-corrected chi connectivity index (χ1v) is 6.02. The van der Waals surface area contributed by atoms with Gasteiger partial charge in [-0.05, 0) is 26.7 Å². The molecular formula is C11H24N4O2. The second kappa shape index (κ2) is 6.78. The quantitative estimate of drug-likeness (QED) is 0.208. The van der Waals surface area contributed by atoms with Crippen LogP contribution in [0.3, 0.4) is 0 Å². The van der Waals surface area contributed by atoms with Gasteiger partial charge in [-0.3, -0.25) is 10.4 Å². The molecule has 1 heterocycles. The Hall–Kier alpha value is -0.850. The van der Waals surface area contributed by atoms with Gasteiger partial charge in [0.05, 0.1) is 11.6 Å². The largest absolute Gasteiger partial charge is 0.385 e. The highest BCUT2D eigenvalue weighted by Crippen LogP contribution is 2.24. The molecule has 6 nitrogen and oxygen atoms in total. The Labute approximate surface area is 103 Å². The second-order valence-corrected chi connectivity index (χ2v) is 4.53. The van der Waals surface area contributed by atoms with Crippen molar-refractivity contribution in [3.05, 3.63) is 0 Å². The number of hydrazine groups is 1. The summed E-state index contributed by atoms with van der Waals surface area (Å²) in [6.07, 6.45) is 1.99. The third-order valence-corrected chi connectivity index (χ3v) is 3.20. The maximum atomic E-state index is 5.55. The van der Waals surface area contributed by atoms with Crippen LogP contribution in [0.4, 0.5) is 0 Å². The second-order valence-electron chi connectivity index (χ2n) is 4.53. The molecule has 0 aromatic heterocycles. The fourth-order valence-corrected chi connectivity index (χ4v) is 1.79. The molecule has 1 fully saturated rings. The number of rotatable bonds is 5. The van der Waals surface area contributed by atoms with Crippen molar-refractivity contribution in [2.24, 2.45) is 10.8 Å². The highest BCUT2D eigenvalue weighted by Gasteiger charge is 2.37. The maximum Gasteiger partial charge on any atom is 0.206 e. The van der Waals surface area contributed by atoms with E-state index < -0.39 is 0 Å². The number of hydrogen-bond acceptors (Lipinski definition) is 4. The summed E-state index contributed by atoms with van der Waals surface area (Å²) in [7, 11) is 1.68. The van der Waals surface area contributed by atoms with E-state index in [0.29, 0.717) is 19.1 Å². The van der Waals surface area contributed by atoms with Crippen molar-refractivity contribution in [3.63, 3.8) is 0 Å². The van der Waals surface area contributed by atoms with E-state index in [1.54, 1.807) is 7.11 Å². The van der Waals surface area contributed by atoms with Gasteiger partial charge in [0.2, 0.25) is 5.96 Å². The first kappa shape index (κ1) is 14.2. The normalized spacial score (nSPS) is 29.4. The van der Waals surface area contributed by atoms with Gasteiger partial charge in [0.15, 0.2) is 0 Å². The summed E-state index contributed by atoms with van der Waals surface area (Å²) in [4.78, 5) is 4.36. The number of nitrogens with one attached hydrogen (secondary N) is 2. The molecule has 1 rings (SSSR count). The molecule has 0 aromatic carbocycles. The van der Waals surface area contributed by atoms with Crippen LogP contribution in [0.2, 0.25) is 0 Å². The highest BCUT2D eigenvalue weighted by atomic mass is 16.5. The molecule has 4 N–H and O–H groups in total. The average molecular weight is 244 g/mol. The zero-order valence-electron chi connectivity index (χ0n) is 11.0. The van der Waals surface area contributed by atoms with E-state index in [1.807, 2.05) is 0 Å². The highest BCUT2D eigenvalue weighted by molar-refractivity contribution is 5.80. The molecule has 1 aliphatic heterocycles. The number of hydrogen-bond donors (Lipinski definition) is 3. The molecule has 0 bridgehead atoms. The zero-order valence-corrected chi connectivity index (χ0v) is 11.0. The number of ether oxygens (including phenoxy) is 2. The molecule has 2 unspecified atom stereocenters. The van der Waals surface area contributed by atoms with Crippen LogP contribution >= 0.6 is 0 Å². The van der Waals surface area contributed by atoms with E-state index in [4.69, 9.17) is 15.3 Å². The SMILES string of the molecule is COCCCN=C(NN)NC1(C)CCOC1C. The van der Waals surface area contributed by atoms with Crippen molar-refractivity contribution < 1.29 is 9.47 Å². The minimum atomic E-state index is -0.105. The summed E-state index contributed by atoms with van der Waals surface area (Å²) in [6, 6.07) is 0. The Kier molecular flexibility index (Phi) is 5.67. The van der Waals surface area contributed by atoms with Crippen LogP contribution in [0.5, 0.6) is 0 Å². The van der Waals surface area contributed by atoms with Crippen LogP contribution in [0.25, 0.3) is 0 Å². The van der Waals surface area contributed by atoms with Gasteiger partial charge >= 0.3 is 0 Å². The van der Waals surface area contributed by atoms with E-state index >= 15 is 0 Å². The van der Waals surface area contributed by atoms with Crippen LogP contribution in [-0.4, -0.2) is 44.5 Å². The summed E-state index contributed by atoms with van der Waals surface area (Å²) in [5.74, 6) is 6.07. The number of guanidine groups is 1. The molecule has 100 valence electrons. The van der Waals surface area contributed by atoms with Crippen LogP contribution in [-0.2, 0) is 9.47 Å². The summed E-state index contributed by atoms with van der Waals surface area (Å²) in [5.41, 5.74) is 2.49. The van der Waals surface area contributed by atoms with E-state index in [2.05, 4.69) is 29.6 Å². The lowest BCUT2D eigenvalue weighted by Gasteiger charge is -2.30. The molecule has 0 radical (unpaired) electrons. The molecule has 2 atom stereocenters. The predicted molar refractivity (Wildman–Crippen MR) is 67.7 cm³/mol. The molecular weight excluding hydrogens is 220 g/mol. The number of nitrogens with two attached hydrogens (primary N) is 1. The first-order chi connectivity index (χ1) is 8.12. The van der Waals surface area contributed by atoms with Gasteiger partial charge in [-0.15, -0.1) is 0 Å². The van der Waals surface area contributed by atoms with Gasteiger partial charge in [0, 0.05) is 26.9 Å². The summed E-state index contributed by atoms with van der Waals surface area (Å²) in [6.45, 7) is 6.34. The summed E-state index contributed by atoms with van der Waals surface area (Å²) in [5, 5.41) is 3.32. The average Bonchev–Trinajstić information content (AvgIpc) is 2.64. The zero-order chi connectivity index (χ0) is 12.7. The topological polar surface area (TPSA) is 80.9 Å². The van der Waals surface area contributed by atoms with Gasteiger partial charge in [0.25, 0.3) is 0 Å². The maximum absolute atomic E-state index is 5.55. The molecule has 17 heavy (non-hydrogen) atoms. The van der Waals surface area contributed by atoms with E-state index in [-0.39, 0.29) is 11.6 Å². The Balaban J connectivity index is 2.45. The standard InChI is InChI=1S/C11H24N4O2/c1-9-11(2,5-8-17-9)14-10(15-12)13-6-4-7-16-3/h9H,4-8,12H2,1-3H3,(H2,13,14,15). The lowest BCUT2D eigenvalue weighted by Crippen LogP contribution is -2.56. The van der Waals surface area contributed by atoms with E-state index in [9.17, 15) is 0 Å². The molecule has 0 aromatic rings. The molecule has 0 amide bonds. The molecule has 1 aliphatic rings.